The molecule has 1 unspecified atom stereocenters. The van der Waals surface area contributed by atoms with Gasteiger partial charge in [-0.2, -0.15) is 16.6 Å². The predicted octanol–water partition coefficient (Wildman–Crippen LogP) is 6.08. The van der Waals surface area contributed by atoms with Crippen molar-refractivity contribution in [3.63, 3.8) is 0 Å². The molecule has 176 valence electrons. The molecule has 1 aromatic carbocycles. The standard InChI is InChI=1S/C27H36N4OS/c1-19(2)30(20(3)4)11-12-31(26(32)29-24-9-13-33-18-24)25-8-10-27(16-23(27)15-25)22-7-5-6-21(14-22)17-28/h5-7,9,13-14,18-20,23,25H,8,10-12,15-16H2,1-4H3,(H,29,32)/t23?,25-,27+/m1/s1. The number of carbonyl (C=O) groups excluding carboxylic acids is 1. The highest BCUT2D eigenvalue weighted by Gasteiger charge is 2.58. The third-order valence-electron chi connectivity index (χ3n) is 7.68. The van der Waals surface area contributed by atoms with Gasteiger partial charge in [0.2, 0.25) is 0 Å². The summed E-state index contributed by atoms with van der Waals surface area (Å²) in [5, 5.41) is 16.4. The SMILES string of the molecule is CC(C)N(CCN(C(=O)Nc1ccsc1)[C@@H]1CC[C@@]2(c3cccc(C#N)c3)CC2C1)C(C)C. The van der Waals surface area contributed by atoms with Gasteiger partial charge < -0.3 is 10.2 Å². The van der Waals surface area contributed by atoms with Gasteiger partial charge >= 0.3 is 6.03 Å². The van der Waals surface area contributed by atoms with Crippen molar-refractivity contribution in [1.82, 2.24) is 9.80 Å². The molecule has 2 fully saturated rings. The predicted molar refractivity (Wildman–Crippen MR) is 136 cm³/mol. The lowest BCUT2D eigenvalue weighted by molar-refractivity contribution is 0.120. The van der Waals surface area contributed by atoms with Crippen LogP contribution in [0.4, 0.5) is 10.5 Å². The third-order valence-corrected chi connectivity index (χ3v) is 8.36. The van der Waals surface area contributed by atoms with Crippen LogP contribution in [0.15, 0.2) is 41.1 Å². The second kappa shape index (κ2) is 9.87. The lowest BCUT2D eigenvalue weighted by atomic mass is 9.80. The van der Waals surface area contributed by atoms with E-state index in [2.05, 4.69) is 61.0 Å². The van der Waals surface area contributed by atoms with Gasteiger partial charge in [0.1, 0.15) is 0 Å². The Bertz CT molecular complexity index is 988. The van der Waals surface area contributed by atoms with Crippen LogP contribution < -0.4 is 5.32 Å². The molecular formula is C27H36N4OS. The Kier molecular flexibility index (Phi) is 7.11. The van der Waals surface area contributed by atoms with Crippen molar-refractivity contribution in [3.05, 3.63) is 52.2 Å². The van der Waals surface area contributed by atoms with E-state index in [1.165, 1.54) is 12.0 Å². The molecule has 1 heterocycles. The molecule has 0 spiro atoms. The molecule has 1 aromatic heterocycles. The maximum Gasteiger partial charge on any atom is 0.322 e. The first-order valence-electron chi connectivity index (χ1n) is 12.2. The van der Waals surface area contributed by atoms with Gasteiger partial charge in [0.05, 0.1) is 17.3 Å². The molecule has 2 amide bonds. The maximum atomic E-state index is 13.4. The van der Waals surface area contributed by atoms with E-state index in [1.807, 2.05) is 29.0 Å². The van der Waals surface area contributed by atoms with E-state index >= 15 is 0 Å². The number of nitrogens with one attached hydrogen (secondary N) is 1. The summed E-state index contributed by atoms with van der Waals surface area (Å²) in [6.07, 6.45) is 4.30. The van der Waals surface area contributed by atoms with Crippen LogP contribution in [0.5, 0.6) is 0 Å². The first-order chi connectivity index (χ1) is 15.8. The summed E-state index contributed by atoms with van der Waals surface area (Å²) in [5.41, 5.74) is 3.14. The van der Waals surface area contributed by atoms with Crippen LogP contribution in [-0.4, -0.2) is 47.0 Å². The van der Waals surface area contributed by atoms with Gasteiger partial charge in [-0.25, -0.2) is 4.79 Å². The average molecular weight is 465 g/mol. The Morgan fingerprint density at radius 1 is 1.24 bits per heavy atom. The highest BCUT2D eigenvalue weighted by Crippen LogP contribution is 2.62. The van der Waals surface area contributed by atoms with Gasteiger partial charge in [-0.05, 0) is 93.9 Å². The number of nitriles is 1. The first kappa shape index (κ1) is 23.8. The van der Waals surface area contributed by atoms with Gasteiger partial charge in [-0.15, -0.1) is 0 Å². The molecule has 33 heavy (non-hydrogen) atoms. The van der Waals surface area contributed by atoms with Crippen molar-refractivity contribution in [1.29, 1.82) is 5.26 Å². The summed E-state index contributed by atoms with van der Waals surface area (Å²) in [6, 6.07) is 13.6. The molecule has 2 aliphatic rings. The maximum absolute atomic E-state index is 13.4. The number of amides is 2. The van der Waals surface area contributed by atoms with Gasteiger partial charge in [-0.3, -0.25) is 4.90 Å². The summed E-state index contributed by atoms with van der Waals surface area (Å²) in [5.74, 6) is 0.591. The number of rotatable bonds is 8. The molecule has 0 aliphatic heterocycles. The van der Waals surface area contributed by atoms with Crippen molar-refractivity contribution in [2.75, 3.05) is 18.4 Å². The molecule has 2 saturated carbocycles. The van der Waals surface area contributed by atoms with Crippen molar-refractivity contribution in [2.45, 2.75) is 76.9 Å². The number of urea groups is 1. The number of benzene rings is 1. The largest absolute Gasteiger partial charge is 0.322 e. The topological polar surface area (TPSA) is 59.4 Å². The van der Waals surface area contributed by atoms with Crippen LogP contribution in [0.25, 0.3) is 0 Å². The zero-order chi connectivity index (χ0) is 23.6. The lowest BCUT2D eigenvalue weighted by Gasteiger charge is -2.39. The Morgan fingerprint density at radius 3 is 2.67 bits per heavy atom. The Balaban J connectivity index is 1.48. The molecule has 2 aromatic rings. The number of hydrogen-bond acceptors (Lipinski definition) is 4. The summed E-state index contributed by atoms with van der Waals surface area (Å²) in [7, 11) is 0. The highest BCUT2D eigenvalue weighted by molar-refractivity contribution is 7.08. The van der Waals surface area contributed by atoms with Gasteiger partial charge in [0, 0.05) is 36.6 Å². The molecule has 6 heteroatoms. The van der Waals surface area contributed by atoms with Crippen molar-refractivity contribution < 1.29 is 4.79 Å². The van der Waals surface area contributed by atoms with E-state index in [9.17, 15) is 10.1 Å². The molecular weight excluding hydrogens is 428 g/mol. The molecule has 3 atom stereocenters. The summed E-state index contributed by atoms with van der Waals surface area (Å²) in [4.78, 5) is 17.9. The van der Waals surface area contributed by atoms with Crippen LogP contribution in [0.1, 0.15) is 64.5 Å². The quantitative estimate of drug-likeness (QED) is 0.515. The first-order valence-corrected chi connectivity index (χ1v) is 13.1. The molecule has 0 saturated heterocycles. The highest BCUT2D eigenvalue weighted by atomic mass is 32.1. The number of anilines is 1. The molecule has 0 bridgehead atoms. The van der Waals surface area contributed by atoms with Crippen molar-refractivity contribution in [3.8, 4) is 6.07 Å². The summed E-state index contributed by atoms with van der Waals surface area (Å²) < 4.78 is 0. The molecule has 1 N–H and O–H groups in total. The van der Waals surface area contributed by atoms with Crippen molar-refractivity contribution in [2.24, 2.45) is 5.92 Å². The molecule has 5 nitrogen and oxygen atoms in total. The summed E-state index contributed by atoms with van der Waals surface area (Å²) >= 11 is 1.60. The monoisotopic (exact) mass is 464 g/mol. The molecule has 4 rings (SSSR count). The van der Waals surface area contributed by atoms with Crippen LogP contribution in [0.3, 0.4) is 0 Å². The number of fused-ring (bicyclic) bond motifs is 1. The van der Waals surface area contributed by atoms with Crippen molar-refractivity contribution >= 4 is 23.1 Å². The van der Waals surface area contributed by atoms with E-state index in [0.29, 0.717) is 18.0 Å². The minimum atomic E-state index is 0.0190. The number of nitrogens with zero attached hydrogens (tertiary/aromatic N) is 3. The fourth-order valence-corrected chi connectivity index (χ4v) is 6.45. The number of thiophene rings is 1. The van der Waals surface area contributed by atoms with Crippen LogP contribution in [0, 0.1) is 17.2 Å². The van der Waals surface area contributed by atoms with Gasteiger partial charge in [-0.1, -0.05) is 12.1 Å². The summed E-state index contributed by atoms with van der Waals surface area (Å²) in [6.45, 7) is 10.5. The van der Waals surface area contributed by atoms with Gasteiger partial charge in [0.15, 0.2) is 0 Å². The second-order valence-electron chi connectivity index (χ2n) is 10.2. The van der Waals surface area contributed by atoms with Gasteiger partial charge in [0.25, 0.3) is 0 Å². The lowest BCUT2D eigenvalue weighted by Crippen LogP contribution is -2.50. The van der Waals surface area contributed by atoms with Crippen LogP contribution in [-0.2, 0) is 5.41 Å². The van der Waals surface area contributed by atoms with Crippen LogP contribution >= 0.6 is 11.3 Å². The van der Waals surface area contributed by atoms with E-state index in [-0.39, 0.29) is 17.5 Å². The van der Waals surface area contributed by atoms with E-state index in [1.54, 1.807) is 11.3 Å². The Morgan fingerprint density at radius 2 is 2.03 bits per heavy atom. The minimum absolute atomic E-state index is 0.0190. The van der Waals surface area contributed by atoms with E-state index in [4.69, 9.17) is 0 Å². The molecule has 0 radical (unpaired) electrons. The Labute approximate surface area is 202 Å². The second-order valence-corrected chi connectivity index (χ2v) is 11.0. The normalized spacial score (nSPS) is 23.9. The van der Waals surface area contributed by atoms with E-state index < -0.39 is 0 Å². The minimum Gasteiger partial charge on any atom is -0.320 e. The number of hydrogen-bond donors (Lipinski definition) is 1. The molecule has 2 aliphatic carbocycles. The fourth-order valence-electron chi connectivity index (χ4n) is 5.86. The zero-order valence-corrected chi connectivity index (χ0v) is 21.1. The van der Waals surface area contributed by atoms with E-state index in [0.717, 1.165) is 43.6 Å². The average Bonchev–Trinajstić information content (AvgIpc) is 3.32. The smallest absolute Gasteiger partial charge is 0.320 e. The fraction of sp³-hybridized carbons (Fsp3) is 0.556. The number of carbonyl (C=O) groups is 1. The van der Waals surface area contributed by atoms with Crippen LogP contribution in [0.2, 0.25) is 0 Å². The third kappa shape index (κ3) is 5.10. The Hall–Kier alpha value is -2.36. The zero-order valence-electron chi connectivity index (χ0n) is 20.3.